The molecule has 0 saturated carbocycles. The van der Waals surface area contributed by atoms with Crippen LogP contribution in [0.1, 0.15) is 0 Å². The van der Waals surface area contributed by atoms with E-state index < -0.39 is 12.2 Å². The first-order valence-electron chi connectivity index (χ1n) is 9.56. The van der Waals surface area contributed by atoms with Gasteiger partial charge in [-0.25, -0.2) is 9.59 Å². The van der Waals surface area contributed by atoms with Crippen LogP contribution in [0.2, 0.25) is 0 Å². The summed E-state index contributed by atoms with van der Waals surface area (Å²) in [6.45, 7) is 0.490. The zero-order chi connectivity index (χ0) is 21.8. The van der Waals surface area contributed by atoms with Gasteiger partial charge < -0.3 is 15.4 Å². The Balaban J connectivity index is 1.34. The Labute approximate surface area is 186 Å². The van der Waals surface area contributed by atoms with Crippen LogP contribution in [0.3, 0.4) is 0 Å². The molecule has 0 aliphatic carbocycles. The van der Waals surface area contributed by atoms with Crippen LogP contribution in [0.25, 0.3) is 5.69 Å². The van der Waals surface area contributed by atoms with Gasteiger partial charge in [0.1, 0.15) is 6.10 Å². The van der Waals surface area contributed by atoms with Crippen molar-refractivity contribution in [1.29, 1.82) is 0 Å². The molecule has 2 heterocycles. The Kier molecular flexibility index (Phi) is 6.03. The number of rotatable bonds is 5. The summed E-state index contributed by atoms with van der Waals surface area (Å²) >= 11 is 3.34. The molecule has 31 heavy (non-hydrogen) atoms. The van der Waals surface area contributed by atoms with Gasteiger partial charge in [0.2, 0.25) is 0 Å². The summed E-state index contributed by atoms with van der Waals surface area (Å²) < 4.78 is 7.80. The number of nitrogens with one attached hydrogen (secondary N) is 2. The molecular weight excluding hydrogens is 464 g/mol. The smallest absolute Gasteiger partial charge is 0.414 e. The van der Waals surface area contributed by atoms with Crippen molar-refractivity contribution < 1.29 is 14.3 Å². The van der Waals surface area contributed by atoms with Crippen LogP contribution in [-0.4, -0.2) is 35.9 Å². The van der Waals surface area contributed by atoms with E-state index >= 15 is 0 Å². The van der Waals surface area contributed by atoms with Crippen molar-refractivity contribution in [1.82, 2.24) is 9.88 Å². The van der Waals surface area contributed by atoms with Crippen LogP contribution in [0.15, 0.2) is 82.2 Å². The van der Waals surface area contributed by atoms with Gasteiger partial charge in [0.25, 0.3) is 5.56 Å². The number of ether oxygens (including phenoxy) is 1. The summed E-state index contributed by atoms with van der Waals surface area (Å²) in [4.78, 5) is 37.8. The number of amides is 3. The highest BCUT2D eigenvalue weighted by Crippen LogP contribution is 2.22. The van der Waals surface area contributed by atoms with Gasteiger partial charge in [0.15, 0.2) is 0 Å². The highest BCUT2D eigenvalue weighted by Gasteiger charge is 2.32. The molecule has 0 spiro atoms. The minimum Gasteiger partial charge on any atom is -0.442 e. The van der Waals surface area contributed by atoms with E-state index in [9.17, 15) is 14.4 Å². The quantitative estimate of drug-likeness (QED) is 0.579. The van der Waals surface area contributed by atoms with Crippen molar-refractivity contribution in [3.05, 3.63) is 87.8 Å². The first-order chi connectivity index (χ1) is 15.0. The van der Waals surface area contributed by atoms with Crippen LogP contribution >= 0.6 is 15.9 Å². The van der Waals surface area contributed by atoms with Crippen LogP contribution in [0.4, 0.5) is 21.0 Å². The Hall–Kier alpha value is -3.59. The monoisotopic (exact) mass is 482 g/mol. The molecule has 1 aromatic heterocycles. The van der Waals surface area contributed by atoms with Crippen LogP contribution in [0, 0.1) is 0 Å². The number of hydrogen-bond donors (Lipinski definition) is 2. The lowest BCUT2D eigenvalue weighted by atomic mass is 10.2. The third kappa shape index (κ3) is 4.95. The number of urea groups is 1. The molecule has 1 fully saturated rings. The number of pyridine rings is 1. The van der Waals surface area contributed by atoms with Gasteiger partial charge in [-0.05, 0) is 54.6 Å². The fourth-order valence-electron chi connectivity index (χ4n) is 3.19. The van der Waals surface area contributed by atoms with Crippen LogP contribution in [-0.2, 0) is 4.74 Å². The lowest BCUT2D eigenvalue weighted by Gasteiger charge is -2.14. The predicted molar refractivity (Wildman–Crippen MR) is 121 cm³/mol. The number of nitrogens with zero attached hydrogens (tertiary/aromatic N) is 2. The summed E-state index contributed by atoms with van der Waals surface area (Å²) in [6, 6.07) is 18.8. The molecule has 1 unspecified atom stereocenters. The summed E-state index contributed by atoms with van der Waals surface area (Å²) in [6.07, 6.45) is 0.729. The average Bonchev–Trinajstić information content (AvgIpc) is 3.15. The lowest BCUT2D eigenvalue weighted by molar-refractivity contribution is 0.141. The first kappa shape index (κ1) is 20.7. The van der Waals surface area contributed by atoms with Gasteiger partial charge in [-0.15, -0.1) is 0 Å². The SMILES string of the molecule is O=C(NCC1CN(c2ccc(-n3ccccc3=O)cc2)C(=O)O1)Nc1ccc(Br)cc1. The van der Waals surface area contributed by atoms with E-state index in [2.05, 4.69) is 26.6 Å². The second kappa shape index (κ2) is 9.05. The van der Waals surface area contributed by atoms with Gasteiger partial charge in [0, 0.05) is 33.8 Å². The van der Waals surface area contributed by atoms with E-state index in [4.69, 9.17) is 4.74 Å². The molecule has 0 bridgehead atoms. The topological polar surface area (TPSA) is 92.7 Å². The fourth-order valence-corrected chi connectivity index (χ4v) is 3.45. The Morgan fingerprint density at radius 3 is 2.42 bits per heavy atom. The molecule has 8 nitrogen and oxygen atoms in total. The van der Waals surface area contributed by atoms with Gasteiger partial charge >= 0.3 is 12.1 Å². The number of cyclic esters (lactones) is 1. The number of carbonyl (C=O) groups excluding carboxylic acids is 2. The van der Waals surface area contributed by atoms with E-state index in [1.54, 1.807) is 54.7 Å². The van der Waals surface area contributed by atoms with Crippen molar-refractivity contribution in [2.45, 2.75) is 6.10 Å². The van der Waals surface area contributed by atoms with Crippen molar-refractivity contribution in [2.24, 2.45) is 0 Å². The number of benzene rings is 2. The lowest BCUT2D eigenvalue weighted by Crippen LogP contribution is -2.37. The van der Waals surface area contributed by atoms with Crippen molar-refractivity contribution >= 4 is 39.4 Å². The molecule has 3 aromatic rings. The van der Waals surface area contributed by atoms with Crippen molar-refractivity contribution in [2.75, 3.05) is 23.3 Å². The summed E-state index contributed by atoms with van der Waals surface area (Å²) in [5.41, 5.74) is 1.87. The standard InChI is InChI=1S/C22H19BrN4O4/c23-15-4-6-16(7-5-15)25-21(29)24-13-19-14-27(22(30)31-19)18-10-8-17(9-11-18)26-12-2-1-3-20(26)28/h1-12,19H,13-14H2,(H2,24,25,29). The molecular formula is C22H19BrN4O4. The maximum absolute atomic E-state index is 12.3. The molecule has 0 radical (unpaired) electrons. The molecule has 1 aliphatic heterocycles. The molecule has 1 saturated heterocycles. The largest absolute Gasteiger partial charge is 0.442 e. The van der Waals surface area contributed by atoms with Gasteiger partial charge in [0.05, 0.1) is 13.1 Å². The molecule has 2 N–H and O–H groups in total. The van der Waals surface area contributed by atoms with E-state index in [-0.39, 0.29) is 18.1 Å². The highest BCUT2D eigenvalue weighted by atomic mass is 79.9. The average molecular weight is 483 g/mol. The highest BCUT2D eigenvalue weighted by molar-refractivity contribution is 9.10. The number of halogens is 1. The fraction of sp³-hybridized carbons (Fsp3) is 0.136. The van der Waals surface area contributed by atoms with Gasteiger partial charge in [-0.3, -0.25) is 14.3 Å². The van der Waals surface area contributed by atoms with Crippen LogP contribution < -0.4 is 21.1 Å². The predicted octanol–water partition coefficient (Wildman–Crippen LogP) is 3.75. The normalized spacial score (nSPS) is 15.5. The van der Waals surface area contributed by atoms with Crippen LogP contribution in [0.5, 0.6) is 0 Å². The Morgan fingerprint density at radius 1 is 1.00 bits per heavy atom. The third-order valence-electron chi connectivity index (χ3n) is 4.73. The molecule has 1 atom stereocenters. The molecule has 3 amide bonds. The summed E-state index contributed by atoms with van der Waals surface area (Å²) in [5, 5.41) is 5.43. The van der Waals surface area contributed by atoms with Gasteiger partial charge in [-0.1, -0.05) is 22.0 Å². The van der Waals surface area contributed by atoms with E-state index in [0.29, 0.717) is 23.6 Å². The van der Waals surface area contributed by atoms with Gasteiger partial charge in [-0.2, -0.15) is 0 Å². The number of carbonyl (C=O) groups is 2. The minimum atomic E-state index is -0.482. The maximum Gasteiger partial charge on any atom is 0.414 e. The zero-order valence-corrected chi connectivity index (χ0v) is 17.9. The molecule has 1 aliphatic rings. The van der Waals surface area contributed by atoms with E-state index in [1.165, 1.54) is 15.5 Å². The zero-order valence-electron chi connectivity index (χ0n) is 16.3. The van der Waals surface area contributed by atoms with Crippen molar-refractivity contribution in [3.8, 4) is 5.69 Å². The molecule has 9 heteroatoms. The molecule has 4 rings (SSSR count). The number of aromatic nitrogens is 1. The second-order valence-corrected chi connectivity index (χ2v) is 7.80. The van der Waals surface area contributed by atoms with E-state index in [1.807, 2.05) is 12.1 Å². The molecule has 2 aromatic carbocycles. The summed E-state index contributed by atoms with van der Waals surface area (Å²) in [7, 11) is 0. The summed E-state index contributed by atoms with van der Waals surface area (Å²) in [5.74, 6) is 0. The minimum absolute atomic E-state index is 0.136. The Morgan fingerprint density at radius 2 is 1.71 bits per heavy atom. The first-order valence-corrected chi connectivity index (χ1v) is 10.4. The van der Waals surface area contributed by atoms with Crippen molar-refractivity contribution in [3.63, 3.8) is 0 Å². The maximum atomic E-state index is 12.3. The van der Waals surface area contributed by atoms with E-state index in [0.717, 1.165) is 4.47 Å². The third-order valence-corrected chi connectivity index (χ3v) is 5.26. The second-order valence-electron chi connectivity index (χ2n) is 6.88. The molecule has 158 valence electrons. The number of anilines is 2. The Bertz CT molecular complexity index is 1150. The number of hydrogen-bond acceptors (Lipinski definition) is 4.